The molecular weight excluding hydrogens is 378 g/mol. The average Bonchev–Trinajstić information content (AvgIpc) is 3.17. The summed E-state index contributed by atoms with van der Waals surface area (Å²) in [6.07, 6.45) is 0.900. The standard InChI is InChI=1S/C29H19NO/c1-2-8-20-18-23(15-13-19(20)7-1)30-25-11-5-4-10-24(25)28-26(30)16-14-22-17-21-9-3-6-12-27(21)31-29(22)28/h1-16,18H,17H2. The molecule has 0 bridgehead atoms. The van der Waals surface area contributed by atoms with Crippen LogP contribution in [0.5, 0.6) is 11.5 Å². The Labute approximate surface area is 179 Å². The van der Waals surface area contributed by atoms with Crippen molar-refractivity contribution in [3.63, 3.8) is 0 Å². The lowest BCUT2D eigenvalue weighted by Gasteiger charge is -2.21. The van der Waals surface area contributed by atoms with E-state index < -0.39 is 0 Å². The minimum atomic E-state index is 0.900. The Morgan fingerprint density at radius 2 is 1.42 bits per heavy atom. The number of benzene rings is 5. The first-order valence-corrected chi connectivity index (χ1v) is 10.7. The SMILES string of the molecule is c1ccc2c(c1)Cc1ccc3c(c1O2)c1ccccc1n3-c1ccc2ccccc2c1. The molecule has 2 heterocycles. The molecule has 0 fully saturated rings. The van der Waals surface area contributed by atoms with Crippen LogP contribution in [0, 0.1) is 0 Å². The van der Waals surface area contributed by atoms with Crippen LogP contribution < -0.4 is 4.74 Å². The van der Waals surface area contributed by atoms with Gasteiger partial charge in [0.25, 0.3) is 0 Å². The molecule has 0 aliphatic carbocycles. The van der Waals surface area contributed by atoms with E-state index in [0.29, 0.717) is 0 Å². The molecule has 0 amide bonds. The van der Waals surface area contributed by atoms with Gasteiger partial charge in [-0.3, -0.25) is 0 Å². The zero-order chi connectivity index (χ0) is 20.4. The van der Waals surface area contributed by atoms with Gasteiger partial charge in [0, 0.05) is 23.1 Å². The maximum Gasteiger partial charge on any atom is 0.140 e. The van der Waals surface area contributed by atoms with Crippen molar-refractivity contribution in [3.05, 3.63) is 114 Å². The van der Waals surface area contributed by atoms with E-state index in [-0.39, 0.29) is 0 Å². The first kappa shape index (κ1) is 16.7. The van der Waals surface area contributed by atoms with Crippen molar-refractivity contribution in [2.45, 2.75) is 6.42 Å². The van der Waals surface area contributed by atoms with E-state index in [1.165, 1.54) is 49.4 Å². The zero-order valence-corrected chi connectivity index (χ0v) is 16.9. The van der Waals surface area contributed by atoms with Crippen molar-refractivity contribution >= 4 is 32.6 Å². The van der Waals surface area contributed by atoms with Crippen LogP contribution in [0.3, 0.4) is 0 Å². The number of para-hydroxylation sites is 2. The monoisotopic (exact) mass is 397 g/mol. The highest BCUT2D eigenvalue weighted by atomic mass is 16.5. The van der Waals surface area contributed by atoms with Gasteiger partial charge in [-0.2, -0.15) is 0 Å². The molecular formula is C29H19NO. The summed E-state index contributed by atoms with van der Waals surface area (Å²) in [6.45, 7) is 0. The minimum absolute atomic E-state index is 0.900. The molecule has 5 aromatic carbocycles. The molecule has 0 radical (unpaired) electrons. The van der Waals surface area contributed by atoms with Gasteiger partial charge in [-0.25, -0.2) is 0 Å². The minimum Gasteiger partial charge on any atom is -0.456 e. The molecule has 0 saturated carbocycles. The Kier molecular flexibility index (Phi) is 3.36. The third kappa shape index (κ3) is 2.39. The van der Waals surface area contributed by atoms with Crippen LogP contribution >= 0.6 is 0 Å². The lowest BCUT2D eigenvalue weighted by Crippen LogP contribution is -2.03. The molecule has 31 heavy (non-hydrogen) atoms. The third-order valence-corrected chi connectivity index (χ3v) is 6.43. The Bertz CT molecular complexity index is 1640. The quantitative estimate of drug-likeness (QED) is 0.278. The van der Waals surface area contributed by atoms with Crippen molar-refractivity contribution in [1.29, 1.82) is 0 Å². The van der Waals surface area contributed by atoms with E-state index in [9.17, 15) is 0 Å². The highest BCUT2D eigenvalue weighted by molar-refractivity contribution is 6.13. The molecule has 0 N–H and O–H groups in total. The predicted molar refractivity (Wildman–Crippen MR) is 128 cm³/mol. The Morgan fingerprint density at radius 3 is 2.39 bits per heavy atom. The van der Waals surface area contributed by atoms with Crippen LogP contribution in [0.4, 0.5) is 0 Å². The summed E-state index contributed by atoms with van der Waals surface area (Å²) in [5, 5.41) is 4.91. The fraction of sp³-hybridized carbons (Fsp3) is 0.0345. The normalized spacial score (nSPS) is 12.6. The van der Waals surface area contributed by atoms with Crippen LogP contribution in [0.25, 0.3) is 38.3 Å². The number of aromatic nitrogens is 1. The highest BCUT2D eigenvalue weighted by Gasteiger charge is 2.23. The van der Waals surface area contributed by atoms with Gasteiger partial charge in [-0.05, 0) is 46.7 Å². The molecule has 2 heteroatoms. The fourth-order valence-corrected chi connectivity index (χ4v) is 4.99. The summed E-state index contributed by atoms with van der Waals surface area (Å²) in [6, 6.07) is 36.7. The molecule has 1 aliphatic heterocycles. The van der Waals surface area contributed by atoms with Gasteiger partial charge in [-0.15, -0.1) is 0 Å². The molecule has 1 aromatic heterocycles. The molecule has 7 rings (SSSR count). The second-order valence-electron chi connectivity index (χ2n) is 8.22. The largest absolute Gasteiger partial charge is 0.456 e. The third-order valence-electron chi connectivity index (χ3n) is 6.43. The number of fused-ring (bicyclic) bond motifs is 7. The van der Waals surface area contributed by atoms with Crippen molar-refractivity contribution in [1.82, 2.24) is 4.57 Å². The van der Waals surface area contributed by atoms with Crippen molar-refractivity contribution < 1.29 is 4.74 Å². The number of rotatable bonds is 1. The predicted octanol–water partition coefficient (Wildman–Crippen LogP) is 7.63. The maximum atomic E-state index is 6.50. The summed E-state index contributed by atoms with van der Waals surface area (Å²) < 4.78 is 8.87. The molecule has 1 aliphatic rings. The van der Waals surface area contributed by atoms with Crippen molar-refractivity contribution in [2.24, 2.45) is 0 Å². The van der Waals surface area contributed by atoms with Gasteiger partial charge in [0.2, 0.25) is 0 Å². The molecule has 0 spiro atoms. The molecule has 6 aromatic rings. The Hall–Kier alpha value is -4.04. The number of hydrogen-bond acceptors (Lipinski definition) is 1. The number of ether oxygens (including phenoxy) is 1. The van der Waals surface area contributed by atoms with Gasteiger partial charge < -0.3 is 9.30 Å². The number of nitrogens with zero attached hydrogens (tertiary/aromatic N) is 1. The molecule has 0 unspecified atom stereocenters. The second-order valence-corrected chi connectivity index (χ2v) is 8.22. The summed E-state index contributed by atoms with van der Waals surface area (Å²) in [5.74, 6) is 1.96. The average molecular weight is 397 g/mol. The summed E-state index contributed by atoms with van der Waals surface area (Å²) in [4.78, 5) is 0. The van der Waals surface area contributed by atoms with Crippen LogP contribution in [0.15, 0.2) is 103 Å². The second kappa shape index (κ2) is 6.23. The van der Waals surface area contributed by atoms with E-state index in [2.05, 4.69) is 102 Å². The first-order chi connectivity index (χ1) is 15.4. The Morgan fingerprint density at radius 1 is 0.613 bits per heavy atom. The molecule has 0 atom stereocenters. The van der Waals surface area contributed by atoms with Crippen molar-refractivity contribution in [3.8, 4) is 17.2 Å². The molecule has 0 saturated heterocycles. The van der Waals surface area contributed by atoms with Gasteiger partial charge >= 0.3 is 0 Å². The van der Waals surface area contributed by atoms with Gasteiger partial charge in [0.1, 0.15) is 11.5 Å². The van der Waals surface area contributed by atoms with Crippen LogP contribution in [0.1, 0.15) is 11.1 Å². The van der Waals surface area contributed by atoms with Gasteiger partial charge in [-0.1, -0.05) is 72.8 Å². The smallest absolute Gasteiger partial charge is 0.140 e. The van der Waals surface area contributed by atoms with Crippen molar-refractivity contribution in [2.75, 3.05) is 0 Å². The molecule has 146 valence electrons. The van der Waals surface area contributed by atoms with E-state index in [1.807, 2.05) is 6.07 Å². The lowest BCUT2D eigenvalue weighted by atomic mass is 9.98. The van der Waals surface area contributed by atoms with Gasteiger partial charge in [0.15, 0.2) is 0 Å². The van der Waals surface area contributed by atoms with Crippen LogP contribution in [-0.2, 0) is 6.42 Å². The molecule has 2 nitrogen and oxygen atoms in total. The first-order valence-electron chi connectivity index (χ1n) is 10.7. The van der Waals surface area contributed by atoms with E-state index in [0.717, 1.165) is 17.9 Å². The van der Waals surface area contributed by atoms with Crippen LogP contribution in [0.2, 0.25) is 0 Å². The Balaban J connectivity index is 1.56. The van der Waals surface area contributed by atoms with E-state index in [1.54, 1.807) is 0 Å². The highest BCUT2D eigenvalue weighted by Crippen LogP contribution is 2.45. The topological polar surface area (TPSA) is 14.2 Å². The fourth-order valence-electron chi connectivity index (χ4n) is 4.99. The summed E-state index contributed by atoms with van der Waals surface area (Å²) in [5.41, 5.74) is 6.03. The van der Waals surface area contributed by atoms with Gasteiger partial charge in [0.05, 0.1) is 16.4 Å². The summed E-state index contributed by atoms with van der Waals surface area (Å²) in [7, 11) is 0. The van der Waals surface area contributed by atoms with E-state index >= 15 is 0 Å². The van der Waals surface area contributed by atoms with Crippen LogP contribution in [-0.4, -0.2) is 4.57 Å². The zero-order valence-electron chi connectivity index (χ0n) is 16.9. The van der Waals surface area contributed by atoms with E-state index in [4.69, 9.17) is 4.74 Å². The summed E-state index contributed by atoms with van der Waals surface area (Å²) >= 11 is 0. The maximum absolute atomic E-state index is 6.50. The number of hydrogen-bond donors (Lipinski definition) is 0. The lowest BCUT2D eigenvalue weighted by molar-refractivity contribution is 0.466.